The zero-order chi connectivity index (χ0) is 17.8. The number of hydrogen-bond acceptors (Lipinski definition) is 3. The maximum atomic E-state index is 12.6. The number of amides is 2. The van der Waals surface area contributed by atoms with E-state index in [0.717, 1.165) is 33.5 Å². The van der Waals surface area contributed by atoms with Crippen molar-refractivity contribution in [1.82, 2.24) is 5.32 Å². The number of aryl methyl sites for hydroxylation is 1. The molecule has 1 fully saturated rings. The summed E-state index contributed by atoms with van der Waals surface area (Å²) >= 11 is 4.84. The van der Waals surface area contributed by atoms with Crippen LogP contribution in [0.4, 0.5) is 5.69 Å². The number of carbonyl (C=O) groups excluding carboxylic acids is 2. The van der Waals surface area contributed by atoms with Gasteiger partial charge in [-0.25, -0.2) is 0 Å². The fraction of sp³-hybridized carbons (Fsp3) is 0.263. The van der Waals surface area contributed by atoms with Crippen LogP contribution in [0.15, 0.2) is 51.8 Å². The molecule has 4 nitrogen and oxygen atoms in total. The van der Waals surface area contributed by atoms with Crippen molar-refractivity contribution < 1.29 is 9.59 Å². The molecule has 0 saturated heterocycles. The smallest absolute Gasteiger partial charge is 0.256 e. The van der Waals surface area contributed by atoms with Gasteiger partial charge in [-0.1, -0.05) is 28.1 Å². The van der Waals surface area contributed by atoms with E-state index in [0.29, 0.717) is 17.4 Å². The predicted molar refractivity (Wildman–Crippen MR) is 105 cm³/mol. The SMILES string of the molecule is Cc1cc(NC(=O)c2ccccc2SCC(=O)NC2CC2)ccc1Br. The van der Waals surface area contributed by atoms with Crippen molar-refractivity contribution in [2.75, 3.05) is 11.1 Å². The van der Waals surface area contributed by atoms with Gasteiger partial charge in [0.15, 0.2) is 0 Å². The molecule has 6 heteroatoms. The second-order valence-electron chi connectivity index (χ2n) is 6.04. The number of carbonyl (C=O) groups is 2. The zero-order valence-electron chi connectivity index (χ0n) is 13.8. The Hall–Kier alpha value is -1.79. The summed E-state index contributed by atoms with van der Waals surface area (Å²) in [5.41, 5.74) is 2.38. The predicted octanol–water partition coefficient (Wildman–Crippen LogP) is 4.38. The molecule has 0 atom stereocenters. The molecule has 2 N–H and O–H groups in total. The minimum absolute atomic E-state index is 0.0197. The lowest BCUT2D eigenvalue weighted by molar-refractivity contribution is -0.118. The van der Waals surface area contributed by atoms with E-state index in [9.17, 15) is 9.59 Å². The number of rotatable bonds is 6. The third-order valence-corrected chi connectivity index (χ3v) is 5.81. The van der Waals surface area contributed by atoms with Crippen LogP contribution in [-0.4, -0.2) is 23.6 Å². The number of anilines is 1. The Morgan fingerprint density at radius 2 is 1.96 bits per heavy atom. The zero-order valence-corrected chi connectivity index (χ0v) is 16.2. The lowest BCUT2D eigenvalue weighted by Gasteiger charge is -2.11. The van der Waals surface area contributed by atoms with E-state index >= 15 is 0 Å². The Balaban J connectivity index is 1.67. The van der Waals surface area contributed by atoms with Gasteiger partial charge < -0.3 is 10.6 Å². The summed E-state index contributed by atoms with van der Waals surface area (Å²) in [6.07, 6.45) is 2.14. The van der Waals surface area contributed by atoms with Crippen molar-refractivity contribution in [3.8, 4) is 0 Å². The van der Waals surface area contributed by atoms with Gasteiger partial charge in [-0.15, -0.1) is 11.8 Å². The quantitative estimate of drug-likeness (QED) is 0.684. The molecular formula is C19H19BrN2O2S. The van der Waals surface area contributed by atoms with Crippen LogP contribution < -0.4 is 10.6 Å². The maximum Gasteiger partial charge on any atom is 0.256 e. The van der Waals surface area contributed by atoms with Gasteiger partial charge in [-0.05, 0) is 55.7 Å². The molecule has 0 aliphatic heterocycles. The van der Waals surface area contributed by atoms with Gasteiger partial charge in [0, 0.05) is 21.1 Å². The molecule has 0 heterocycles. The molecule has 2 amide bonds. The first-order valence-corrected chi connectivity index (χ1v) is 9.89. The molecule has 1 aliphatic rings. The summed E-state index contributed by atoms with van der Waals surface area (Å²) in [4.78, 5) is 25.3. The van der Waals surface area contributed by atoms with Crippen LogP contribution >= 0.6 is 27.7 Å². The summed E-state index contributed by atoms with van der Waals surface area (Å²) in [5, 5.41) is 5.88. The topological polar surface area (TPSA) is 58.2 Å². The number of nitrogens with one attached hydrogen (secondary N) is 2. The largest absolute Gasteiger partial charge is 0.353 e. The average Bonchev–Trinajstić information content (AvgIpc) is 3.40. The standard InChI is InChI=1S/C19H19BrN2O2S/c1-12-10-14(8-9-16(12)20)22-19(24)15-4-2-3-5-17(15)25-11-18(23)21-13-6-7-13/h2-5,8-10,13H,6-7,11H2,1H3,(H,21,23)(H,22,24). The van der Waals surface area contributed by atoms with E-state index in [1.165, 1.54) is 11.8 Å². The number of hydrogen-bond donors (Lipinski definition) is 2. The van der Waals surface area contributed by atoms with Gasteiger partial charge in [0.25, 0.3) is 5.91 Å². The highest BCUT2D eigenvalue weighted by atomic mass is 79.9. The van der Waals surface area contributed by atoms with Crippen molar-refractivity contribution in [3.63, 3.8) is 0 Å². The maximum absolute atomic E-state index is 12.6. The second kappa shape index (κ2) is 8.06. The van der Waals surface area contributed by atoms with Gasteiger partial charge in [-0.2, -0.15) is 0 Å². The van der Waals surface area contributed by atoms with E-state index in [1.807, 2.05) is 43.3 Å². The third-order valence-electron chi connectivity index (χ3n) is 3.85. The first-order chi connectivity index (χ1) is 12.0. The summed E-state index contributed by atoms with van der Waals surface area (Å²) < 4.78 is 1.00. The lowest BCUT2D eigenvalue weighted by Crippen LogP contribution is -2.27. The molecule has 0 radical (unpaired) electrons. The van der Waals surface area contributed by atoms with Crippen LogP contribution in [0, 0.1) is 6.92 Å². The molecule has 2 aromatic carbocycles. The Bertz CT molecular complexity index is 806. The van der Waals surface area contributed by atoms with E-state index in [4.69, 9.17) is 0 Å². The highest BCUT2D eigenvalue weighted by Crippen LogP contribution is 2.25. The van der Waals surface area contributed by atoms with E-state index in [2.05, 4.69) is 26.6 Å². The Labute approximate surface area is 159 Å². The minimum Gasteiger partial charge on any atom is -0.353 e. The first-order valence-electron chi connectivity index (χ1n) is 8.11. The van der Waals surface area contributed by atoms with Crippen LogP contribution in [0.1, 0.15) is 28.8 Å². The van der Waals surface area contributed by atoms with Gasteiger partial charge in [0.05, 0.1) is 11.3 Å². The van der Waals surface area contributed by atoms with Gasteiger partial charge in [0.2, 0.25) is 5.91 Å². The van der Waals surface area contributed by atoms with Crippen molar-refractivity contribution >= 4 is 45.2 Å². The monoisotopic (exact) mass is 418 g/mol. The molecule has 3 rings (SSSR count). The summed E-state index contributed by atoms with van der Waals surface area (Å²) in [5.74, 6) is 0.164. The Morgan fingerprint density at radius 1 is 1.20 bits per heavy atom. The molecule has 2 aromatic rings. The van der Waals surface area contributed by atoms with Crippen LogP contribution in [0.3, 0.4) is 0 Å². The number of benzene rings is 2. The molecule has 0 spiro atoms. The van der Waals surface area contributed by atoms with Crippen LogP contribution in [0.25, 0.3) is 0 Å². The molecular weight excluding hydrogens is 400 g/mol. The van der Waals surface area contributed by atoms with E-state index in [-0.39, 0.29) is 11.8 Å². The summed E-state index contributed by atoms with van der Waals surface area (Å²) in [6, 6.07) is 13.4. The Kier molecular flexibility index (Phi) is 5.81. The highest BCUT2D eigenvalue weighted by Gasteiger charge is 2.23. The molecule has 0 aromatic heterocycles. The third kappa shape index (κ3) is 5.09. The normalized spacial score (nSPS) is 13.4. The fourth-order valence-corrected chi connectivity index (χ4v) is 3.45. The number of halogens is 1. The van der Waals surface area contributed by atoms with Gasteiger partial charge in [0.1, 0.15) is 0 Å². The number of thioether (sulfide) groups is 1. The fourth-order valence-electron chi connectivity index (χ4n) is 2.34. The minimum atomic E-state index is -0.174. The van der Waals surface area contributed by atoms with Crippen molar-refractivity contribution in [1.29, 1.82) is 0 Å². The molecule has 25 heavy (non-hydrogen) atoms. The summed E-state index contributed by atoms with van der Waals surface area (Å²) in [7, 11) is 0. The average molecular weight is 419 g/mol. The van der Waals surface area contributed by atoms with Crippen LogP contribution in [-0.2, 0) is 4.79 Å². The van der Waals surface area contributed by atoms with E-state index in [1.54, 1.807) is 6.07 Å². The molecule has 0 unspecified atom stereocenters. The highest BCUT2D eigenvalue weighted by molar-refractivity contribution is 9.10. The van der Waals surface area contributed by atoms with E-state index < -0.39 is 0 Å². The first kappa shape index (κ1) is 18.0. The van der Waals surface area contributed by atoms with Gasteiger partial charge >= 0.3 is 0 Å². The van der Waals surface area contributed by atoms with Crippen molar-refractivity contribution in [2.45, 2.75) is 30.7 Å². The Morgan fingerprint density at radius 3 is 2.68 bits per heavy atom. The van der Waals surface area contributed by atoms with Crippen LogP contribution in [0.2, 0.25) is 0 Å². The molecule has 130 valence electrons. The lowest BCUT2D eigenvalue weighted by atomic mass is 10.2. The van der Waals surface area contributed by atoms with Crippen molar-refractivity contribution in [3.05, 3.63) is 58.1 Å². The van der Waals surface area contributed by atoms with Crippen LogP contribution in [0.5, 0.6) is 0 Å². The molecule has 1 saturated carbocycles. The molecule has 1 aliphatic carbocycles. The van der Waals surface area contributed by atoms with Crippen molar-refractivity contribution in [2.24, 2.45) is 0 Å². The van der Waals surface area contributed by atoms with Gasteiger partial charge in [-0.3, -0.25) is 9.59 Å². The summed E-state index contributed by atoms with van der Waals surface area (Å²) in [6.45, 7) is 1.97. The molecule has 0 bridgehead atoms. The second-order valence-corrected chi connectivity index (χ2v) is 7.92.